The van der Waals surface area contributed by atoms with Gasteiger partial charge < -0.3 is 15.1 Å². The van der Waals surface area contributed by atoms with Crippen molar-refractivity contribution in [3.05, 3.63) is 42.7 Å². The summed E-state index contributed by atoms with van der Waals surface area (Å²) >= 11 is 0. The number of hydrogen-bond donors (Lipinski definition) is 1. The molecule has 0 saturated carbocycles. The minimum atomic E-state index is -0.200. The second kappa shape index (κ2) is 8.65. The highest BCUT2D eigenvalue weighted by Crippen LogP contribution is 2.30. The first kappa shape index (κ1) is 20.1. The summed E-state index contributed by atoms with van der Waals surface area (Å²) < 4.78 is 0. The first-order valence-corrected chi connectivity index (χ1v) is 10.6. The van der Waals surface area contributed by atoms with Crippen LogP contribution in [0.3, 0.4) is 0 Å². The summed E-state index contributed by atoms with van der Waals surface area (Å²) in [5, 5.41) is 4.97. The Morgan fingerprint density at radius 3 is 2.63 bits per heavy atom. The lowest BCUT2D eigenvalue weighted by Crippen LogP contribution is -2.48. The highest BCUT2D eigenvalue weighted by molar-refractivity contribution is 6.12. The third kappa shape index (κ3) is 3.79. The fraction of sp³-hybridized carbons (Fsp3) is 0.391. The van der Waals surface area contributed by atoms with E-state index in [0.717, 1.165) is 34.6 Å². The minimum absolute atomic E-state index is 0.138. The van der Waals surface area contributed by atoms with Gasteiger partial charge in [-0.05, 0) is 44.9 Å². The third-order valence-electron chi connectivity index (χ3n) is 5.85. The number of nitrogens with zero attached hydrogens (tertiary/aromatic N) is 4. The molecule has 0 bridgehead atoms. The van der Waals surface area contributed by atoms with Crippen molar-refractivity contribution in [3.63, 3.8) is 0 Å². The number of carbonyl (C=O) groups is 2. The Balaban J connectivity index is 1.57. The van der Waals surface area contributed by atoms with Crippen molar-refractivity contribution >= 4 is 39.4 Å². The molecule has 4 rings (SSSR count). The summed E-state index contributed by atoms with van der Waals surface area (Å²) in [5.41, 5.74) is 2.18. The first-order chi connectivity index (χ1) is 14.6. The second-order valence-corrected chi connectivity index (χ2v) is 7.62. The molecule has 0 aliphatic carbocycles. The minimum Gasteiger partial charge on any atom is -0.343 e. The molecule has 30 heavy (non-hydrogen) atoms. The van der Waals surface area contributed by atoms with E-state index in [1.54, 1.807) is 17.3 Å². The number of carbonyl (C=O) groups excluding carboxylic acids is 2. The lowest BCUT2D eigenvalue weighted by molar-refractivity contribution is -0.136. The molecular formula is C23H27N5O2. The number of benzene rings is 1. The Bertz CT molecular complexity index is 1080. The monoisotopic (exact) mass is 405 g/mol. The van der Waals surface area contributed by atoms with Crippen LogP contribution < -0.4 is 5.32 Å². The van der Waals surface area contributed by atoms with Gasteiger partial charge in [0.25, 0.3) is 0 Å². The molecule has 3 heterocycles. The fourth-order valence-corrected chi connectivity index (χ4v) is 4.25. The van der Waals surface area contributed by atoms with Crippen LogP contribution in [0.1, 0.15) is 26.7 Å². The molecule has 1 saturated heterocycles. The zero-order chi connectivity index (χ0) is 21.1. The van der Waals surface area contributed by atoms with Crippen LogP contribution in [0.15, 0.2) is 42.7 Å². The zero-order valence-electron chi connectivity index (χ0n) is 17.5. The summed E-state index contributed by atoms with van der Waals surface area (Å²) in [6.07, 6.45) is 5.11. The van der Waals surface area contributed by atoms with Gasteiger partial charge in [0.1, 0.15) is 0 Å². The van der Waals surface area contributed by atoms with Gasteiger partial charge in [-0.2, -0.15) is 0 Å². The maximum absolute atomic E-state index is 13.1. The zero-order valence-corrected chi connectivity index (χ0v) is 17.5. The molecule has 1 N–H and O–H groups in total. The molecule has 7 nitrogen and oxygen atoms in total. The molecule has 1 aliphatic rings. The Kier molecular flexibility index (Phi) is 5.79. The summed E-state index contributed by atoms with van der Waals surface area (Å²) in [5.74, 6) is -0.00272. The number of nitrogens with one attached hydrogen (secondary N) is 1. The number of fused-ring (bicyclic) bond motifs is 3. The maximum Gasteiger partial charge on any atom is 0.321 e. The standard InChI is InChI=1S/C23H27N5O2/c1-3-27(4-2)22(29)16-8-7-13-28(15-16)23(30)26-20-14-19-17(9-5-11-24-19)18-10-6-12-25-21(18)20/h5-6,9-12,14,16H,3-4,7-8,13,15H2,1-2H3,(H,26,30)/t16-/m1/s1. The molecule has 3 aromatic rings. The fourth-order valence-electron chi connectivity index (χ4n) is 4.25. The molecule has 0 radical (unpaired) electrons. The molecule has 1 aromatic carbocycles. The highest BCUT2D eigenvalue weighted by Gasteiger charge is 2.30. The van der Waals surface area contributed by atoms with Gasteiger partial charge in [0.2, 0.25) is 5.91 Å². The maximum atomic E-state index is 13.1. The van der Waals surface area contributed by atoms with Crippen molar-refractivity contribution in [2.45, 2.75) is 26.7 Å². The van der Waals surface area contributed by atoms with E-state index in [9.17, 15) is 9.59 Å². The highest BCUT2D eigenvalue weighted by atomic mass is 16.2. The largest absolute Gasteiger partial charge is 0.343 e. The van der Waals surface area contributed by atoms with E-state index in [0.29, 0.717) is 31.9 Å². The van der Waals surface area contributed by atoms with E-state index in [1.807, 2.05) is 49.1 Å². The van der Waals surface area contributed by atoms with Crippen LogP contribution in [0.5, 0.6) is 0 Å². The summed E-state index contributed by atoms with van der Waals surface area (Å²) in [6.45, 7) is 6.45. The number of amides is 3. The number of hydrogen-bond acceptors (Lipinski definition) is 4. The first-order valence-electron chi connectivity index (χ1n) is 10.6. The number of piperidine rings is 1. The van der Waals surface area contributed by atoms with Crippen molar-refractivity contribution in [2.75, 3.05) is 31.5 Å². The quantitative estimate of drug-likeness (QED) is 0.668. The van der Waals surface area contributed by atoms with E-state index in [-0.39, 0.29) is 17.9 Å². The van der Waals surface area contributed by atoms with Crippen molar-refractivity contribution < 1.29 is 9.59 Å². The summed E-state index contributed by atoms with van der Waals surface area (Å²) in [4.78, 5) is 38.4. The van der Waals surface area contributed by atoms with Crippen LogP contribution >= 0.6 is 0 Å². The van der Waals surface area contributed by atoms with Gasteiger partial charge in [-0.25, -0.2) is 4.79 Å². The van der Waals surface area contributed by atoms with Crippen LogP contribution in [0.25, 0.3) is 21.8 Å². The van der Waals surface area contributed by atoms with Crippen LogP contribution in [0, 0.1) is 5.92 Å². The van der Waals surface area contributed by atoms with Crippen LogP contribution in [0.4, 0.5) is 10.5 Å². The molecule has 7 heteroatoms. The van der Waals surface area contributed by atoms with Gasteiger partial charge in [-0.15, -0.1) is 0 Å². The number of rotatable bonds is 4. The second-order valence-electron chi connectivity index (χ2n) is 7.62. The van der Waals surface area contributed by atoms with Gasteiger partial charge in [0, 0.05) is 49.3 Å². The van der Waals surface area contributed by atoms with E-state index in [4.69, 9.17) is 0 Å². The van der Waals surface area contributed by atoms with E-state index in [2.05, 4.69) is 15.3 Å². The van der Waals surface area contributed by atoms with Crippen molar-refractivity contribution in [1.82, 2.24) is 19.8 Å². The smallest absolute Gasteiger partial charge is 0.321 e. The number of anilines is 1. The third-order valence-corrected chi connectivity index (χ3v) is 5.85. The Morgan fingerprint density at radius 1 is 1.13 bits per heavy atom. The lowest BCUT2D eigenvalue weighted by atomic mass is 9.96. The SMILES string of the molecule is CCN(CC)C(=O)[C@@H]1CCCN(C(=O)Nc2cc3ncccc3c3cccnc23)C1. The molecule has 0 spiro atoms. The normalized spacial score (nSPS) is 16.6. The number of urea groups is 1. The van der Waals surface area contributed by atoms with Gasteiger partial charge >= 0.3 is 6.03 Å². The van der Waals surface area contributed by atoms with E-state index < -0.39 is 0 Å². The van der Waals surface area contributed by atoms with Crippen molar-refractivity contribution in [3.8, 4) is 0 Å². The molecule has 0 unspecified atom stereocenters. The molecule has 2 aromatic heterocycles. The van der Waals surface area contributed by atoms with Crippen LogP contribution in [-0.4, -0.2) is 57.9 Å². The Morgan fingerprint density at radius 2 is 1.87 bits per heavy atom. The van der Waals surface area contributed by atoms with Gasteiger partial charge in [-0.3, -0.25) is 14.8 Å². The average Bonchev–Trinajstić information content (AvgIpc) is 2.80. The predicted molar refractivity (Wildman–Crippen MR) is 118 cm³/mol. The van der Waals surface area contributed by atoms with Crippen LogP contribution in [-0.2, 0) is 4.79 Å². The van der Waals surface area contributed by atoms with E-state index in [1.165, 1.54) is 0 Å². The summed E-state index contributed by atoms with van der Waals surface area (Å²) in [6, 6.07) is 9.44. The average molecular weight is 406 g/mol. The molecule has 1 atom stereocenters. The topological polar surface area (TPSA) is 78.4 Å². The molecule has 156 valence electrons. The van der Waals surface area contributed by atoms with Crippen molar-refractivity contribution in [1.29, 1.82) is 0 Å². The molecular weight excluding hydrogens is 378 g/mol. The molecule has 1 aliphatic heterocycles. The Labute approximate surface area is 176 Å². The van der Waals surface area contributed by atoms with Gasteiger partial charge in [0.05, 0.1) is 22.6 Å². The predicted octanol–water partition coefficient (Wildman–Crippen LogP) is 3.90. The number of likely N-dealkylation sites (tertiary alicyclic amines) is 1. The number of aromatic nitrogens is 2. The molecule has 3 amide bonds. The lowest BCUT2D eigenvalue weighted by Gasteiger charge is -2.34. The van der Waals surface area contributed by atoms with E-state index >= 15 is 0 Å². The Hall–Kier alpha value is -3.22. The van der Waals surface area contributed by atoms with Gasteiger partial charge in [0.15, 0.2) is 0 Å². The van der Waals surface area contributed by atoms with Gasteiger partial charge in [-0.1, -0.05) is 12.1 Å². The summed E-state index contributed by atoms with van der Waals surface area (Å²) in [7, 11) is 0. The number of pyridine rings is 2. The van der Waals surface area contributed by atoms with Crippen LogP contribution in [0.2, 0.25) is 0 Å². The molecule has 1 fully saturated rings. The van der Waals surface area contributed by atoms with Crippen molar-refractivity contribution in [2.24, 2.45) is 5.92 Å².